The molecule has 0 radical (unpaired) electrons. The van der Waals surface area contributed by atoms with Crippen molar-refractivity contribution < 1.29 is 0 Å². The van der Waals surface area contributed by atoms with Crippen LogP contribution in [0.4, 0.5) is 11.5 Å². The van der Waals surface area contributed by atoms with Crippen LogP contribution in [0.25, 0.3) is 0 Å². The molecule has 0 spiro atoms. The molecule has 0 aliphatic heterocycles. The Kier molecular flexibility index (Phi) is 3.57. The Morgan fingerprint density at radius 2 is 2.06 bits per heavy atom. The molecule has 2 aromatic rings. The van der Waals surface area contributed by atoms with Crippen molar-refractivity contribution in [2.75, 3.05) is 11.5 Å². The van der Waals surface area contributed by atoms with Crippen molar-refractivity contribution in [1.82, 2.24) is 9.97 Å². The molecule has 0 saturated heterocycles. The second-order valence-corrected chi connectivity index (χ2v) is 5.54. The van der Waals surface area contributed by atoms with E-state index in [0.29, 0.717) is 10.8 Å². The predicted octanol–water partition coefficient (Wildman–Crippen LogP) is 1.69. The zero-order chi connectivity index (χ0) is 12.4. The summed E-state index contributed by atoms with van der Waals surface area (Å²) in [5.74, 6) is 0.195. The lowest BCUT2D eigenvalue weighted by molar-refractivity contribution is 0.945. The smallest absolute Gasteiger partial charge is 0.253 e. The molecule has 7 heteroatoms. The number of nitrogens with two attached hydrogens (primary N) is 2. The Bertz CT molecular complexity index is 613. The number of H-pyrrole nitrogens is 1. The summed E-state index contributed by atoms with van der Waals surface area (Å²) in [7, 11) is 0. The van der Waals surface area contributed by atoms with Crippen molar-refractivity contribution in [1.29, 1.82) is 0 Å². The minimum Gasteiger partial charge on any atom is -0.398 e. The quantitative estimate of drug-likeness (QED) is 0.430. The van der Waals surface area contributed by atoms with Crippen molar-refractivity contribution in [3.8, 4) is 0 Å². The molecule has 2 rings (SSSR count). The van der Waals surface area contributed by atoms with Gasteiger partial charge < -0.3 is 16.5 Å². The van der Waals surface area contributed by atoms with Crippen LogP contribution >= 0.6 is 34.4 Å². The Labute approximate surface area is 115 Å². The van der Waals surface area contributed by atoms with Crippen LogP contribution in [0.2, 0.25) is 0 Å². The highest BCUT2D eigenvalue weighted by Gasteiger charge is 2.05. The lowest BCUT2D eigenvalue weighted by atomic mass is 10.3. The maximum absolute atomic E-state index is 11.2. The summed E-state index contributed by atoms with van der Waals surface area (Å²) in [4.78, 5) is 18.7. The van der Waals surface area contributed by atoms with E-state index in [-0.39, 0.29) is 11.4 Å². The lowest BCUT2D eigenvalue weighted by Gasteiger charge is -2.05. The van der Waals surface area contributed by atoms with Gasteiger partial charge in [0.2, 0.25) is 0 Å². The number of anilines is 2. The molecule has 0 aliphatic carbocycles. The van der Waals surface area contributed by atoms with Gasteiger partial charge in [0.15, 0.2) is 5.16 Å². The first-order valence-corrected chi connectivity index (χ1v) is 6.54. The fourth-order valence-electron chi connectivity index (χ4n) is 1.22. The minimum absolute atomic E-state index is 0.195. The SMILES string of the molecule is Nc1cc(=O)[nH]c(Sc2ccc(I)cc2N)n1. The topological polar surface area (TPSA) is 97.8 Å². The molecule has 0 atom stereocenters. The number of hydrogen-bond donors (Lipinski definition) is 3. The van der Waals surface area contributed by atoms with E-state index in [9.17, 15) is 4.79 Å². The van der Waals surface area contributed by atoms with Gasteiger partial charge in [0.05, 0.1) is 0 Å². The number of aromatic nitrogens is 2. The molecule has 0 amide bonds. The summed E-state index contributed by atoms with van der Waals surface area (Å²) in [6, 6.07) is 6.91. The van der Waals surface area contributed by atoms with Crippen molar-refractivity contribution in [2.24, 2.45) is 0 Å². The normalized spacial score (nSPS) is 10.4. The highest BCUT2D eigenvalue weighted by molar-refractivity contribution is 14.1. The highest BCUT2D eigenvalue weighted by atomic mass is 127. The average molecular weight is 360 g/mol. The molecule has 17 heavy (non-hydrogen) atoms. The third-order valence-electron chi connectivity index (χ3n) is 1.92. The van der Waals surface area contributed by atoms with Crippen LogP contribution in [-0.4, -0.2) is 9.97 Å². The summed E-state index contributed by atoms with van der Waals surface area (Å²) in [6.45, 7) is 0. The van der Waals surface area contributed by atoms with E-state index in [1.807, 2.05) is 18.2 Å². The van der Waals surface area contributed by atoms with Gasteiger partial charge in [-0.2, -0.15) is 0 Å². The number of aromatic amines is 1. The second kappa shape index (κ2) is 4.96. The summed E-state index contributed by atoms with van der Waals surface area (Å²) >= 11 is 3.46. The molecule has 1 aromatic heterocycles. The van der Waals surface area contributed by atoms with Gasteiger partial charge in [-0.05, 0) is 52.6 Å². The number of nitrogens with zero attached hydrogens (tertiary/aromatic N) is 1. The summed E-state index contributed by atoms with van der Waals surface area (Å²) in [6.07, 6.45) is 0. The van der Waals surface area contributed by atoms with E-state index in [4.69, 9.17) is 11.5 Å². The molecule has 5 N–H and O–H groups in total. The van der Waals surface area contributed by atoms with E-state index in [0.717, 1.165) is 8.47 Å². The van der Waals surface area contributed by atoms with Crippen LogP contribution in [-0.2, 0) is 0 Å². The second-order valence-electron chi connectivity index (χ2n) is 3.26. The largest absolute Gasteiger partial charge is 0.398 e. The van der Waals surface area contributed by atoms with E-state index >= 15 is 0 Å². The molecule has 1 aromatic carbocycles. The molecule has 88 valence electrons. The summed E-state index contributed by atoms with van der Waals surface area (Å²) < 4.78 is 1.05. The van der Waals surface area contributed by atoms with E-state index in [2.05, 4.69) is 32.6 Å². The van der Waals surface area contributed by atoms with Crippen LogP contribution in [0.5, 0.6) is 0 Å². The van der Waals surface area contributed by atoms with E-state index in [1.54, 1.807) is 0 Å². The molecule has 0 aliphatic rings. The molecule has 0 fully saturated rings. The van der Waals surface area contributed by atoms with Gasteiger partial charge in [-0.25, -0.2) is 4.98 Å². The van der Waals surface area contributed by atoms with Gasteiger partial charge in [0.25, 0.3) is 5.56 Å². The van der Waals surface area contributed by atoms with Crippen molar-refractivity contribution >= 4 is 45.9 Å². The van der Waals surface area contributed by atoms with Gasteiger partial charge in [0.1, 0.15) is 5.82 Å². The van der Waals surface area contributed by atoms with Gasteiger partial charge in [0, 0.05) is 20.2 Å². The van der Waals surface area contributed by atoms with Crippen molar-refractivity contribution in [3.05, 3.63) is 38.2 Å². The predicted molar refractivity (Wildman–Crippen MR) is 77.0 cm³/mol. The fraction of sp³-hybridized carbons (Fsp3) is 0. The van der Waals surface area contributed by atoms with E-state index in [1.165, 1.54) is 17.8 Å². The monoisotopic (exact) mass is 360 g/mol. The van der Waals surface area contributed by atoms with Gasteiger partial charge in [-0.15, -0.1) is 0 Å². The van der Waals surface area contributed by atoms with Crippen LogP contribution in [0.15, 0.2) is 39.1 Å². The van der Waals surface area contributed by atoms with Gasteiger partial charge in [-0.1, -0.05) is 0 Å². The molecular weight excluding hydrogens is 351 g/mol. The first-order valence-electron chi connectivity index (χ1n) is 4.64. The Balaban J connectivity index is 2.34. The number of rotatable bonds is 2. The van der Waals surface area contributed by atoms with Crippen LogP contribution < -0.4 is 17.0 Å². The zero-order valence-electron chi connectivity index (χ0n) is 8.61. The summed E-state index contributed by atoms with van der Waals surface area (Å²) in [5.41, 5.74) is 11.7. The van der Waals surface area contributed by atoms with Crippen LogP contribution in [0, 0.1) is 3.57 Å². The van der Waals surface area contributed by atoms with E-state index < -0.39 is 0 Å². The molecule has 0 unspecified atom stereocenters. The minimum atomic E-state index is -0.274. The van der Waals surface area contributed by atoms with Crippen molar-refractivity contribution in [3.63, 3.8) is 0 Å². The molecular formula is C10H9IN4OS. The van der Waals surface area contributed by atoms with Crippen LogP contribution in [0.3, 0.4) is 0 Å². The lowest BCUT2D eigenvalue weighted by Crippen LogP contribution is -2.09. The van der Waals surface area contributed by atoms with Crippen LogP contribution in [0.1, 0.15) is 0 Å². The molecule has 0 saturated carbocycles. The molecule has 0 bridgehead atoms. The molecule has 5 nitrogen and oxygen atoms in total. The third-order valence-corrected chi connectivity index (χ3v) is 3.57. The standard InChI is InChI=1S/C10H9IN4OS/c11-5-1-2-7(6(12)3-5)17-10-14-8(13)4-9(16)15-10/h1-4H,12H2,(H3,13,14,15,16). The average Bonchev–Trinajstić information content (AvgIpc) is 2.21. The number of halogens is 1. The number of benzene rings is 1. The Hall–Kier alpha value is -1.22. The van der Waals surface area contributed by atoms with Gasteiger partial charge in [-0.3, -0.25) is 4.79 Å². The summed E-state index contributed by atoms with van der Waals surface area (Å²) in [5, 5.41) is 0.433. The Morgan fingerprint density at radius 3 is 2.71 bits per heavy atom. The van der Waals surface area contributed by atoms with Crippen molar-refractivity contribution in [2.45, 2.75) is 10.1 Å². The first kappa shape index (κ1) is 12.2. The third kappa shape index (κ3) is 3.13. The molecule has 1 heterocycles. The highest BCUT2D eigenvalue weighted by Crippen LogP contribution is 2.30. The van der Waals surface area contributed by atoms with Gasteiger partial charge >= 0.3 is 0 Å². The number of hydrogen-bond acceptors (Lipinski definition) is 5. The zero-order valence-corrected chi connectivity index (χ0v) is 11.6. The fourth-order valence-corrected chi connectivity index (χ4v) is 2.56. The maximum atomic E-state index is 11.2. The maximum Gasteiger partial charge on any atom is 0.253 e. The Morgan fingerprint density at radius 1 is 1.29 bits per heavy atom. The number of nitrogens with one attached hydrogen (secondary N) is 1. The number of nitrogen functional groups attached to an aromatic ring is 2. The first-order chi connectivity index (χ1) is 8.04.